The van der Waals surface area contributed by atoms with E-state index >= 15 is 0 Å². The van der Waals surface area contributed by atoms with Gasteiger partial charge in [-0.1, -0.05) is 17.9 Å². The maximum absolute atomic E-state index is 13.7. The second-order valence-corrected chi connectivity index (χ2v) is 5.30. The molecular weight excluding hydrogens is 269 g/mol. The fourth-order valence-corrected chi connectivity index (χ4v) is 2.54. The average Bonchev–Trinajstić information content (AvgIpc) is 2.51. The van der Waals surface area contributed by atoms with Crippen LogP contribution in [0.5, 0.6) is 0 Å². The molecule has 1 saturated heterocycles. The lowest BCUT2D eigenvalue weighted by molar-refractivity contribution is 0.0388. The van der Waals surface area contributed by atoms with Crippen LogP contribution in [0.3, 0.4) is 0 Å². The van der Waals surface area contributed by atoms with Crippen LogP contribution in [0.1, 0.15) is 30.4 Å². The Balaban J connectivity index is 1.98. The van der Waals surface area contributed by atoms with E-state index in [1.54, 1.807) is 7.11 Å². The molecule has 1 fully saturated rings. The van der Waals surface area contributed by atoms with Crippen molar-refractivity contribution in [2.75, 3.05) is 26.8 Å². The minimum atomic E-state index is -0.303. The van der Waals surface area contributed by atoms with Crippen molar-refractivity contribution >= 4 is 0 Å². The third-order valence-corrected chi connectivity index (χ3v) is 3.76. The van der Waals surface area contributed by atoms with Gasteiger partial charge in [0.05, 0.1) is 18.3 Å². The van der Waals surface area contributed by atoms with Crippen molar-refractivity contribution in [3.8, 4) is 11.8 Å². The first-order valence-corrected chi connectivity index (χ1v) is 7.36. The standard InChI is InChI=1S/C17H22FNO2/c1-21-16-7-9-19(10-8-16)13-14-5-6-17(18)15(12-14)4-2-3-11-20/h5-6,12,16,20H,3,7-11,13H2,1H3. The number of likely N-dealkylation sites (tertiary alicyclic amines) is 1. The van der Waals surface area contributed by atoms with Crippen molar-refractivity contribution in [3.63, 3.8) is 0 Å². The first kappa shape index (κ1) is 16.0. The van der Waals surface area contributed by atoms with Crippen LogP contribution in [0.25, 0.3) is 0 Å². The number of ether oxygens (including phenoxy) is 1. The van der Waals surface area contributed by atoms with E-state index in [1.807, 2.05) is 12.1 Å². The molecule has 114 valence electrons. The summed E-state index contributed by atoms with van der Waals surface area (Å²) in [6.45, 7) is 2.82. The third-order valence-electron chi connectivity index (χ3n) is 3.76. The number of nitrogens with zero attached hydrogens (tertiary/aromatic N) is 1. The van der Waals surface area contributed by atoms with Gasteiger partial charge in [-0.05, 0) is 30.5 Å². The van der Waals surface area contributed by atoms with Gasteiger partial charge in [-0.3, -0.25) is 4.90 Å². The number of hydrogen-bond acceptors (Lipinski definition) is 3. The molecule has 0 unspecified atom stereocenters. The van der Waals surface area contributed by atoms with Crippen molar-refractivity contribution in [1.82, 2.24) is 4.90 Å². The van der Waals surface area contributed by atoms with Crippen molar-refractivity contribution in [3.05, 3.63) is 35.1 Å². The number of aliphatic hydroxyl groups excluding tert-OH is 1. The van der Waals surface area contributed by atoms with Crippen LogP contribution in [0.2, 0.25) is 0 Å². The molecule has 1 aromatic carbocycles. The van der Waals surface area contributed by atoms with E-state index in [1.165, 1.54) is 6.07 Å². The van der Waals surface area contributed by atoms with Crippen LogP contribution in [0.15, 0.2) is 18.2 Å². The number of aliphatic hydroxyl groups is 1. The fourth-order valence-electron chi connectivity index (χ4n) is 2.54. The highest BCUT2D eigenvalue weighted by atomic mass is 19.1. The number of piperidine rings is 1. The Hall–Kier alpha value is -1.41. The van der Waals surface area contributed by atoms with Gasteiger partial charge in [-0.2, -0.15) is 0 Å². The zero-order valence-corrected chi connectivity index (χ0v) is 12.4. The second kappa shape index (κ2) is 8.14. The smallest absolute Gasteiger partial charge is 0.138 e. The van der Waals surface area contributed by atoms with Gasteiger partial charge in [-0.15, -0.1) is 0 Å². The first-order chi connectivity index (χ1) is 10.2. The monoisotopic (exact) mass is 291 g/mol. The largest absolute Gasteiger partial charge is 0.395 e. The molecule has 1 aromatic rings. The Labute approximate surface area is 125 Å². The van der Waals surface area contributed by atoms with Crippen LogP contribution < -0.4 is 0 Å². The van der Waals surface area contributed by atoms with Gasteiger partial charge in [-0.25, -0.2) is 4.39 Å². The summed E-state index contributed by atoms with van der Waals surface area (Å²) < 4.78 is 19.0. The number of methoxy groups -OCH3 is 1. The van der Waals surface area contributed by atoms with Crippen LogP contribution in [-0.2, 0) is 11.3 Å². The van der Waals surface area contributed by atoms with Crippen molar-refractivity contribution < 1.29 is 14.2 Å². The lowest BCUT2D eigenvalue weighted by Crippen LogP contribution is -2.36. The Morgan fingerprint density at radius 3 is 2.81 bits per heavy atom. The highest BCUT2D eigenvalue weighted by molar-refractivity contribution is 5.38. The molecule has 3 nitrogen and oxygen atoms in total. The second-order valence-electron chi connectivity index (χ2n) is 5.30. The van der Waals surface area contributed by atoms with E-state index < -0.39 is 0 Å². The molecule has 0 radical (unpaired) electrons. The molecule has 1 aliphatic rings. The Bertz CT molecular complexity index is 513. The maximum atomic E-state index is 13.7. The highest BCUT2D eigenvalue weighted by Crippen LogP contribution is 2.17. The van der Waals surface area contributed by atoms with Gasteiger partial charge >= 0.3 is 0 Å². The summed E-state index contributed by atoms with van der Waals surface area (Å²) in [6, 6.07) is 5.09. The number of rotatable bonds is 4. The van der Waals surface area contributed by atoms with E-state index in [2.05, 4.69) is 16.7 Å². The zero-order chi connectivity index (χ0) is 15.1. The molecule has 0 aliphatic carbocycles. The number of halogens is 1. The van der Waals surface area contributed by atoms with Crippen LogP contribution >= 0.6 is 0 Å². The fraction of sp³-hybridized carbons (Fsp3) is 0.529. The summed E-state index contributed by atoms with van der Waals surface area (Å²) in [5.41, 5.74) is 1.48. The van der Waals surface area contributed by atoms with Crippen LogP contribution in [-0.4, -0.2) is 42.9 Å². The summed E-state index contributed by atoms with van der Waals surface area (Å²) in [5.74, 6) is 5.25. The van der Waals surface area contributed by atoms with Gasteiger partial charge in [0.2, 0.25) is 0 Å². The molecule has 21 heavy (non-hydrogen) atoms. The van der Waals surface area contributed by atoms with Gasteiger partial charge in [0.15, 0.2) is 0 Å². The van der Waals surface area contributed by atoms with Crippen LogP contribution in [0.4, 0.5) is 4.39 Å². The SMILES string of the molecule is COC1CCN(Cc2ccc(F)c(C#CCCO)c2)CC1. The van der Waals surface area contributed by atoms with Crippen LogP contribution in [0, 0.1) is 17.7 Å². The maximum Gasteiger partial charge on any atom is 0.138 e. The topological polar surface area (TPSA) is 32.7 Å². The van der Waals surface area contributed by atoms with Crippen molar-refractivity contribution in [1.29, 1.82) is 0 Å². The molecule has 0 spiro atoms. The summed E-state index contributed by atoms with van der Waals surface area (Å²) >= 11 is 0. The summed E-state index contributed by atoms with van der Waals surface area (Å²) in [5, 5.41) is 8.71. The lowest BCUT2D eigenvalue weighted by atomic mass is 10.1. The molecule has 0 atom stereocenters. The highest BCUT2D eigenvalue weighted by Gasteiger charge is 2.18. The molecule has 4 heteroatoms. The van der Waals surface area contributed by atoms with Gasteiger partial charge in [0.1, 0.15) is 5.82 Å². The minimum absolute atomic E-state index is 0.00273. The number of benzene rings is 1. The summed E-state index contributed by atoms with van der Waals surface area (Å²) in [6.07, 6.45) is 2.82. The van der Waals surface area contributed by atoms with E-state index in [0.717, 1.165) is 38.0 Å². The first-order valence-electron chi connectivity index (χ1n) is 7.36. The Morgan fingerprint density at radius 1 is 1.38 bits per heavy atom. The summed E-state index contributed by atoms with van der Waals surface area (Å²) in [4.78, 5) is 2.35. The normalized spacial score (nSPS) is 16.5. The van der Waals surface area contributed by atoms with E-state index in [9.17, 15) is 4.39 Å². The van der Waals surface area contributed by atoms with Crippen molar-refractivity contribution in [2.24, 2.45) is 0 Å². The summed E-state index contributed by atoms with van der Waals surface area (Å²) in [7, 11) is 1.76. The van der Waals surface area contributed by atoms with Gasteiger partial charge in [0.25, 0.3) is 0 Å². The molecule has 0 aromatic heterocycles. The Kier molecular flexibility index (Phi) is 6.19. The quantitative estimate of drug-likeness (QED) is 0.863. The number of hydrogen-bond donors (Lipinski definition) is 1. The lowest BCUT2D eigenvalue weighted by Gasteiger charge is -2.31. The Morgan fingerprint density at radius 2 is 2.14 bits per heavy atom. The predicted molar refractivity (Wildman–Crippen MR) is 80.3 cm³/mol. The van der Waals surface area contributed by atoms with Crippen molar-refractivity contribution in [2.45, 2.75) is 31.9 Å². The van der Waals surface area contributed by atoms with E-state index in [-0.39, 0.29) is 12.4 Å². The molecule has 0 saturated carbocycles. The third kappa shape index (κ3) is 4.82. The van der Waals surface area contributed by atoms with Gasteiger partial charge < -0.3 is 9.84 Å². The van der Waals surface area contributed by atoms with Gasteiger partial charge in [0, 0.05) is 33.2 Å². The molecule has 2 rings (SSSR count). The zero-order valence-electron chi connectivity index (χ0n) is 12.4. The van der Waals surface area contributed by atoms with E-state index in [4.69, 9.17) is 9.84 Å². The predicted octanol–water partition coefficient (Wildman–Crippen LogP) is 2.17. The average molecular weight is 291 g/mol. The molecule has 0 bridgehead atoms. The van der Waals surface area contributed by atoms with E-state index in [0.29, 0.717) is 18.1 Å². The molecule has 0 amide bonds. The molecule has 1 aliphatic heterocycles. The molecular formula is C17H22FNO2. The molecule has 1 heterocycles. The minimum Gasteiger partial charge on any atom is -0.395 e. The molecule has 1 N–H and O–H groups in total.